The van der Waals surface area contributed by atoms with Gasteiger partial charge in [-0.15, -0.1) is 0 Å². The monoisotopic (exact) mass is 771 g/mol. The first-order valence-corrected chi connectivity index (χ1v) is 21.5. The molecule has 0 amide bonds. The van der Waals surface area contributed by atoms with E-state index in [-0.39, 0.29) is 42.7 Å². The van der Waals surface area contributed by atoms with E-state index in [1.54, 1.807) is 0 Å². The van der Waals surface area contributed by atoms with E-state index in [9.17, 15) is 19.5 Å². The number of nitrogens with zero attached hydrogens (tertiary/aromatic N) is 1. The van der Waals surface area contributed by atoms with Crippen LogP contribution in [0.2, 0.25) is 0 Å². The molecule has 0 aliphatic carbocycles. The molecule has 8 nitrogen and oxygen atoms in total. The van der Waals surface area contributed by atoms with Crippen LogP contribution in [0.15, 0.2) is 72.9 Å². The smallest absolute Gasteiger partial charge is 0.362 e. The summed E-state index contributed by atoms with van der Waals surface area (Å²) in [4.78, 5) is 36.9. The van der Waals surface area contributed by atoms with Crippen LogP contribution >= 0.6 is 0 Å². The molecule has 2 unspecified atom stereocenters. The lowest BCUT2D eigenvalue weighted by molar-refractivity contribution is -0.887. The van der Waals surface area contributed by atoms with Crippen LogP contribution in [0.1, 0.15) is 155 Å². The Hall–Kier alpha value is -3.23. The van der Waals surface area contributed by atoms with Crippen molar-refractivity contribution >= 4 is 17.9 Å². The molecule has 0 bridgehead atoms. The third-order valence-electron chi connectivity index (χ3n) is 9.10. The van der Waals surface area contributed by atoms with Crippen molar-refractivity contribution in [3.63, 3.8) is 0 Å². The molecule has 0 spiro atoms. The van der Waals surface area contributed by atoms with Crippen molar-refractivity contribution in [3.05, 3.63) is 72.9 Å². The number of unbranched alkanes of at least 4 members (excludes halogenated alkanes) is 11. The number of hydrogen-bond acceptors (Lipinski definition) is 6. The van der Waals surface area contributed by atoms with E-state index in [0.717, 1.165) is 64.2 Å². The van der Waals surface area contributed by atoms with Crippen LogP contribution in [0.4, 0.5) is 0 Å². The number of quaternary nitrogens is 1. The third kappa shape index (κ3) is 36.2. The molecule has 0 fully saturated rings. The van der Waals surface area contributed by atoms with Gasteiger partial charge in [-0.1, -0.05) is 138 Å². The van der Waals surface area contributed by atoms with Gasteiger partial charge in [0, 0.05) is 19.3 Å². The molecular formula is C47H80NO7+. The van der Waals surface area contributed by atoms with Gasteiger partial charge in [-0.2, -0.15) is 0 Å². The highest BCUT2D eigenvalue weighted by atomic mass is 16.6. The highest BCUT2D eigenvalue weighted by molar-refractivity contribution is 5.72. The van der Waals surface area contributed by atoms with Crippen LogP contribution in [0.3, 0.4) is 0 Å². The van der Waals surface area contributed by atoms with Gasteiger partial charge in [0.1, 0.15) is 6.61 Å². The molecule has 1 N–H and O–H groups in total. The Labute approximate surface area is 336 Å². The molecule has 0 radical (unpaired) electrons. The normalized spacial score (nSPS) is 13.7. The van der Waals surface area contributed by atoms with Gasteiger partial charge < -0.3 is 23.8 Å². The summed E-state index contributed by atoms with van der Waals surface area (Å²) in [6.45, 7) is 4.43. The quantitative estimate of drug-likeness (QED) is 0.0291. The van der Waals surface area contributed by atoms with E-state index in [2.05, 4.69) is 86.8 Å². The largest absolute Gasteiger partial charge is 0.477 e. The maximum Gasteiger partial charge on any atom is 0.362 e. The van der Waals surface area contributed by atoms with Gasteiger partial charge in [0.05, 0.1) is 34.4 Å². The number of rotatable bonds is 37. The first-order valence-electron chi connectivity index (χ1n) is 21.5. The van der Waals surface area contributed by atoms with Gasteiger partial charge in [-0.05, 0) is 70.6 Å². The summed E-state index contributed by atoms with van der Waals surface area (Å²) in [5.74, 6) is -1.55. The van der Waals surface area contributed by atoms with Crippen molar-refractivity contribution < 1.29 is 38.2 Å². The summed E-state index contributed by atoms with van der Waals surface area (Å²) in [6, 6.07) is -0.625. The zero-order valence-corrected chi connectivity index (χ0v) is 35.6. The van der Waals surface area contributed by atoms with Gasteiger partial charge in [-0.3, -0.25) is 9.59 Å². The third-order valence-corrected chi connectivity index (χ3v) is 9.10. The highest BCUT2D eigenvalue weighted by Crippen LogP contribution is 2.14. The molecule has 55 heavy (non-hydrogen) atoms. The number of allylic oxidation sites excluding steroid dienone is 12. The van der Waals surface area contributed by atoms with Gasteiger partial charge >= 0.3 is 17.9 Å². The van der Waals surface area contributed by atoms with Crippen LogP contribution in [-0.2, 0) is 28.6 Å². The Morgan fingerprint density at radius 2 is 0.982 bits per heavy atom. The lowest BCUT2D eigenvalue weighted by Gasteiger charge is -2.31. The molecule has 0 aromatic heterocycles. The number of carboxylic acid groups (broad SMARTS) is 1. The fourth-order valence-electron chi connectivity index (χ4n) is 5.83. The Morgan fingerprint density at radius 1 is 0.545 bits per heavy atom. The standard InChI is InChI=1S/C47H79NO7/c1-6-8-10-12-14-16-18-19-20-21-22-23-24-25-26-28-30-32-34-36-38-46(50)55-43(41-53-40-39-44(47(51)52)48(3,4)5)42-54-45(49)37-35-33-31-29-27-17-15-13-11-9-7-2/h8-11,14-17,19-20,29,31,43-44H,6-7,12-13,18,21-28,30,32-42H2,1-5H3/p+1/b10-8+,11-9+,16-14+,17-15+,20-19+,31-29+. The molecule has 2 atom stereocenters. The molecule has 0 aromatic carbocycles. The number of esters is 2. The van der Waals surface area contributed by atoms with Gasteiger partial charge in [0.2, 0.25) is 0 Å². The van der Waals surface area contributed by atoms with E-state index >= 15 is 0 Å². The van der Waals surface area contributed by atoms with Crippen LogP contribution in [0.25, 0.3) is 0 Å². The molecule has 0 heterocycles. The summed E-state index contributed by atoms with van der Waals surface area (Å²) < 4.78 is 17.2. The average molecular weight is 771 g/mol. The van der Waals surface area contributed by atoms with Crippen molar-refractivity contribution in [1.29, 1.82) is 0 Å². The predicted molar refractivity (Wildman–Crippen MR) is 229 cm³/mol. The molecule has 0 aliphatic heterocycles. The van der Waals surface area contributed by atoms with Crippen molar-refractivity contribution in [2.75, 3.05) is 41.0 Å². The minimum atomic E-state index is -0.885. The number of aliphatic carboxylic acids is 1. The number of carbonyl (C=O) groups excluding carboxylic acids is 2. The number of carboxylic acids is 1. The average Bonchev–Trinajstić information content (AvgIpc) is 3.14. The molecule has 0 saturated carbocycles. The Bertz CT molecular complexity index is 1130. The Kier molecular flexibility index (Phi) is 35.5. The molecule has 0 rings (SSSR count). The minimum absolute atomic E-state index is 0.0404. The summed E-state index contributed by atoms with van der Waals surface area (Å²) in [6.07, 6.45) is 46.7. The first-order chi connectivity index (χ1) is 26.6. The van der Waals surface area contributed by atoms with Gasteiger partial charge in [0.15, 0.2) is 12.1 Å². The van der Waals surface area contributed by atoms with Crippen molar-refractivity contribution in [2.24, 2.45) is 0 Å². The summed E-state index contributed by atoms with van der Waals surface area (Å²) in [5, 5.41) is 9.60. The molecule has 8 heteroatoms. The number of hydrogen-bond donors (Lipinski definition) is 1. The number of carbonyl (C=O) groups is 3. The zero-order valence-electron chi connectivity index (χ0n) is 35.6. The number of likely N-dealkylation sites (N-methyl/N-ethyl adjacent to an activating group) is 1. The second-order valence-corrected chi connectivity index (χ2v) is 15.2. The molecule has 0 aliphatic rings. The van der Waals surface area contributed by atoms with E-state index < -0.39 is 18.1 Å². The lowest BCUT2D eigenvalue weighted by Crippen LogP contribution is -2.50. The maximum atomic E-state index is 12.7. The minimum Gasteiger partial charge on any atom is -0.477 e. The van der Waals surface area contributed by atoms with E-state index in [0.29, 0.717) is 19.3 Å². The highest BCUT2D eigenvalue weighted by Gasteiger charge is 2.31. The second kappa shape index (κ2) is 37.7. The lowest BCUT2D eigenvalue weighted by atomic mass is 10.0. The molecular weight excluding hydrogens is 691 g/mol. The van der Waals surface area contributed by atoms with Crippen LogP contribution in [-0.4, -0.2) is 80.6 Å². The van der Waals surface area contributed by atoms with Crippen LogP contribution in [0, 0.1) is 0 Å². The van der Waals surface area contributed by atoms with E-state index in [1.165, 1.54) is 51.4 Å². The van der Waals surface area contributed by atoms with Crippen molar-refractivity contribution in [1.82, 2.24) is 0 Å². The fraction of sp³-hybridized carbons (Fsp3) is 0.681. The summed E-state index contributed by atoms with van der Waals surface area (Å²) in [5.41, 5.74) is 0. The Morgan fingerprint density at radius 3 is 1.47 bits per heavy atom. The SMILES string of the molecule is CC/C=C/C/C=C/C/C=C/CCCCCCCCCCCCC(=O)OC(COCCC(C(=O)O)[N+](C)(C)C)COC(=O)CCC/C=C/C/C=C/C/C=C/CC. The topological polar surface area (TPSA) is 99.1 Å². The van der Waals surface area contributed by atoms with Gasteiger partial charge in [-0.25, -0.2) is 4.79 Å². The van der Waals surface area contributed by atoms with E-state index in [4.69, 9.17) is 14.2 Å². The van der Waals surface area contributed by atoms with Crippen LogP contribution < -0.4 is 0 Å². The van der Waals surface area contributed by atoms with Crippen molar-refractivity contribution in [2.45, 2.75) is 167 Å². The maximum absolute atomic E-state index is 12.7. The first kappa shape index (κ1) is 51.8. The Balaban J connectivity index is 4.36. The zero-order chi connectivity index (χ0) is 40.7. The van der Waals surface area contributed by atoms with Gasteiger partial charge in [0.25, 0.3) is 0 Å². The molecule has 314 valence electrons. The number of ether oxygens (including phenoxy) is 3. The molecule has 0 aromatic rings. The van der Waals surface area contributed by atoms with E-state index in [1.807, 2.05) is 21.1 Å². The van der Waals surface area contributed by atoms with Crippen molar-refractivity contribution in [3.8, 4) is 0 Å². The summed E-state index contributed by atoms with van der Waals surface area (Å²) >= 11 is 0. The predicted octanol–water partition coefficient (Wildman–Crippen LogP) is 11.6. The molecule has 0 saturated heterocycles. The second-order valence-electron chi connectivity index (χ2n) is 15.2. The summed E-state index contributed by atoms with van der Waals surface area (Å²) in [7, 11) is 5.50. The van der Waals surface area contributed by atoms with Crippen LogP contribution in [0.5, 0.6) is 0 Å². The fourth-order valence-corrected chi connectivity index (χ4v) is 5.83.